The number of hydrogen-bond donors (Lipinski definition) is 0. The first kappa shape index (κ1) is 18.8. The van der Waals surface area contributed by atoms with Crippen molar-refractivity contribution in [2.24, 2.45) is 0 Å². The van der Waals surface area contributed by atoms with Crippen molar-refractivity contribution in [1.82, 2.24) is 0 Å². The van der Waals surface area contributed by atoms with Gasteiger partial charge in [0, 0.05) is 22.2 Å². The Morgan fingerprint density at radius 3 is 2.29 bits per heavy atom. The van der Waals surface area contributed by atoms with Crippen molar-refractivity contribution in [2.75, 3.05) is 7.04 Å². The van der Waals surface area contributed by atoms with Gasteiger partial charge in [0.1, 0.15) is 12.0 Å². The van der Waals surface area contributed by atoms with Crippen molar-refractivity contribution in [3.63, 3.8) is 0 Å². The molecule has 0 saturated carbocycles. The molecule has 3 rings (SSSR count). The van der Waals surface area contributed by atoms with Crippen LogP contribution in [-0.2, 0) is 0 Å². The quantitative estimate of drug-likeness (QED) is 0.275. The van der Waals surface area contributed by atoms with Gasteiger partial charge in [0.15, 0.2) is 11.5 Å². The number of halogens is 6. The molecule has 162 valence electrons. The minimum Gasteiger partial charge on any atom is -0.490 e. The van der Waals surface area contributed by atoms with Crippen molar-refractivity contribution in [3.05, 3.63) is 70.0 Å². The Hall–Kier alpha value is -2.97. The summed E-state index contributed by atoms with van der Waals surface area (Å²) in [5.74, 6) is -4.92. The minimum atomic E-state index is -5.25. The molecule has 4 nitrogen and oxygen atoms in total. The molecule has 0 fully saturated rings. The van der Waals surface area contributed by atoms with Crippen molar-refractivity contribution < 1.29 is 40.7 Å². The first-order chi connectivity index (χ1) is 15.8. The van der Waals surface area contributed by atoms with Gasteiger partial charge in [0.25, 0.3) is 0 Å². The molecular formula is C21H12Cl2F4O4. The smallest absolute Gasteiger partial charge is 0.490 e. The summed E-state index contributed by atoms with van der Waals surface area (Å²) in [6, 6.07) is 10.1. The van der Waals surface area contributed by atoms with Crippen LogP contribution in [0.25, 0.3) is 11.1 Å². The summed E-state index contributed by atoms with van der Waals surface area (Å²) >= 11 is 12.4. The number of benzene rings is 3. The highest BCUT2D eigenvalue weighted by atomic mass is 35.5. The number of carbonyl (C=O) groups excluding carboxylic acids is 1. The van der Waals surface area contributed by atoms with Crippen LogP contribution in [0.15, 0.2) is 48.5 Å². The molecule has 3 aromatic rings. The molecule has 0 aromatic heterocycles. The number of hydrogen-bond acceptors (Lipinski definition) is 4. The number of carbonyl (C=O) groups is 1. The van der Waals surface area contributed by atoms with Crippen molar-refractivity contribution in [3.8, 4) is 34.1 Å². The molecule has 0 amide bonds. The highest BCUT2D eigenvalue weighted by molar-refractivity contribution is 6.37. The second-order valence-electron chi connectivity index (χ2n) is 5.96. The van der Waals surface area contributed by atoms with Crippen LogP contribution in [0.1, 0.15) is 14.5 Å². The number of alkyl halides is 3. The molecule has 0 heterocycles. The maximum atomic E-state index is 14.8. The molecule has 0 atom stereocenters. The van der Waals surface area contributed by atoms with Gasteiger partial charge in [-0.05, 0) is 23.8 Å². The summed E-state index contributed by atoms with van der Waals surface area (Å²) in [4.78, 5) is 10.9. The lowest BCUT2D eigenvalue weighted by Gasteiger charge is -2.17. The zero-order valence-corrected chi connectivity index (χ0v) is 16.6. The van der Waals surface area contributed by atoms with Crippen molar-refractivity contribution in [2.45, 2.75) is 6.36 Å². The molecule has 0 spiro atoms. The van der Waals surface area contributed by atoms with E-state index in [0.29, 0.717) is 23.5 Å². The summed E-state index contributed by atoms with van der Waals surface area (Å²) in [7, 11) is -3.24. The van der Waals surface area contributed by atoms with Crippen LogP contribution in [0.5, 0.6) is 23.0 Å². The molecular weight excluding hydrogens is 463 g/mol. The zero-order chi connectivity index (χ0) is 25.3. The van der Waals surface area contributed by atoms with E-state index < -0.39 is 36.5 Å². The standard InChI is InChI=1S/C21H12Cl2F4O4/c1-29-20-16(7-6-15(19(20)24)31-21(25,26)27)30-17-9-13(22)8-14(23)18(17)12-4-2-11(10-28)3-5-12/h2-10H,1H3/i1D3. The largest absolute Gasteiger partial charge is 0.573 e. The molecule has 10 heteroatoms. The third-order valence-corrected chi connectivity index (χ3v) is 4.44. The Morgan fingerprint density at radius 1 is 1.00 bits per heavy atom. The van der Waals surface area contributed by atoms with Gasteiger partial charge in [-0.3, -0.25) is 4.79 Å². The topological polar surface area (TPSA) is 44.8 Å². The van der Waals surface area contributed by atoms with E-state index >= 15 is 0 Å². The fourth-order valence-electron chi connectivity index (χ4n) is 2.66. The van der Waals surface area contributed by atoms with Gasteiger partial charge in [-0.1, -0.05) is 47.5 Å². The number of rotatable bonds is 6. The molecule has 0 radical (unpaired) electrons. The van der Waals surface area contributed by atoms with Gasteiger partial charge < -0.3 is 14.2 Å². The van der Waals surface area contributed by atoms with E-state index in [0.717, 1.165) is 6.07 Å². The highest BCUT2D eigenvalue weighted by Crippen LogP contribution is 2.45. The molecule has 0 bridgehead atoms. The van der Waals surface area contributed by atoms with Gasteiger partial charge in [-0.25, -0.2) is 0 Å². The maximum Gasteiger partial charge on any atom is 0.573 e. The third kappa shape index (κ3) is 5.21. The fraction of sp³-hybridized carbons (Fsp3) is 0.0952. The van der Waals surface area contributed by atoms with Gasteiger partial charge in [0.2, 0.25) is 11.6 Å². The zero-order valence-electron chi connectivity index (χ0n) is 18.1. The lowest BCUT2D eigenvalue weighted by molar-refractivity contribution is -0.275. The lowest BCUT2D eigenvalue weighted by atomic mass is 10.0. The van der Waals surface area contributed by atoms with E-state index in [1.165, 1.54) is 36.4 Å². The van der Waals surface area contributed by atoms with Crippen LogP contribution in [0.3, 0.4) is 0 Å². The van der Waals surface area contributed by atoms with Crippen molar-refractivity contribution >= 4 is 29.5 Å². The molecule has 31 heavy (non-hydrogen) atoms. The Bertz CT molecular complexity index is 1220. The number of ether oxygens (including phenoxy) is 3. The Morgan fingerprint density at radius 2 is 1.68 bits per heavy atom. The predicted octanol–water partition coefficient (Wildman–Crippen LogP) is 7.31. The van der Waals surface area contributed by atoms with Crippen LogP contribution in [0.2, 0.25) is 10.0 Å². The maximum absolute atomic E-state index is 14.8. The van der Waals surface area contributed by atoms with Crippen LogP contribution < -0.4 is 14.2 Å². The van der Waals surface area contributed by atoms with E-state index in [4.69, 9.17) is 32.1 Å². The average molecular weight is 478 g/mol. The van der Waals surface area contributed by atoms with Crippen molar-refractivity contribution in [1.29, 1.82) is 0 Å². The molecule has 0 saturated heterocycles. The van der Waals surface area contributed by atoms with Crippen LogP contribution in [-0.4, -0.2) is 19.7 Å². The highest BCUT2D eigenvalue weighted by Gasteiger charge is 2.33. The third-order valence-electron chi connectivity index (χ3n) is 3.93. The average Bonchev–Trinajstić information content (AvgIpc) is 2.71. The molecule has 0 N–H and O–H groups in total. The fourth-order valence-corrected chi connectivity index (χ4v) is 3.24. The van der Waals surface area contributed by atoms with Gasteiger partial charge in [-0.2, -0.15) is 4.39 Å². The van der Waals surface area contributed by atoms with E-state index in [-0.39, 0.29) is 21.4 Å². The first-order valence-corrected chi connectivity index (χ1v) is 9.03. The molecule has 0 aliphatic rings. The molecule has 3 aromatic carbocycles. The second kappa shape index (κ2) is 9.03. The first-order valence-electron chi connectivity index (χ1n) is 9.77. The predicted molar refractivity (Wildman–Crippen MR) is 107 cm³/mol. The Balaban J connectivity index is 2.14. The summed E-state index contributed by atoms with van der Waals surface area (Å²) in [5, 5.41) is 0.168. The van der Waals surface area contributed by atoms with Gasteiger partial charge >= 0.3 is 6.36 Å². The Labute approximate surface area is 188 Å². The van der Waals surface area contributed by atoms with E-state index in [2.05, 4.69) is 9.47 Å². The van der Waals surface area contributed by atoms with Gasteiger partial charge in [-0.15, -0.1) is 13.2 Å². The SMILES string of the molecule is [2H]C([2H])([2H])Oc1c(Oc2cc(Cl)cc(Cl)c2-c2ccc(C=O)cc2)ccc(OC(F)(F)F)c1F. The Kier molecular flexibility index (Phi) is 5.47. The van der Waals surface area contributed by atoms with E-state index in [1.54, 1.807) is 0 Å². The van der Waals surface area contributed by atoms with Crippen LogP contribution in [0.4, 0.5) is 17.6 Å². The monoisotopic (exact) mass is 477 g/mol. The molecule has 0 unspecified atom stereocenters. The van der Waals surface area contributed by atoms with Gasteiger partial charge in [0.05, 0.1) is 16.2 Å². The number of aldehydes is 1. The second-order valence-corrected chi connectivity index (χ2v) is 6.80. The lowest BCUT2D eigenvalue weighted by Crippen LogP contribution is -2.18. The molecule has 0 aliphatic carbocycles. The van der Waals surface area contributed by atoms with Crippen LogP contribution in [0, 0.1) is 5.82 Å². The van der Waals surface area contributed by atoms with E-state index in [9.17, 15) is 22.4 Å². The summed E-state index contributed by atoms with van der Waals surface area (Å²) < 4.78 is 88.1. The number of methoxy groups -OCH3 is 1. The summed E-state index contributed by atoms with van der Waals surface area (Å²) in [5.41, 5.74) is 1.03. The normalized spacial score (nSPS) is 13.0. The van der Waals surface area contributed by atoms with E-state index in [1.807, 2.05) is 0 Å². The summed E-state index contributed by atoms with van der Waals surface area (Å²) in [6.07, 6.45) is -4.63. The van der Waals surface area contributed by atoms with Crippen LogP contribution >= 0.6 is 23.2 Å². The summed E-state index contributed by atoms with van der Waals surface area (Å²) in [6.45, 7) is 0. The minimum absolute atomic E-state index is 0.0807. The molecule has 0 aliphatic heterocycles.